The van der Waals surface area contributed by atoms with E-state index in [-0.39, 0.29) is 23.1 Å². The minimum Gasteiger partial charge on any atom is -0.504 e. The number of aliphatic hydroxyl groups excluding tert-OH is 1. The molecule has 0 radical (unpaired) electrons. The second-order valence-electron chi connectivity index (χ2n) is 4.65. The lowest BCUT2D eigenvalue weighted by Gasteiger charge is -1.97. The number of halogens is 1. The number of carbonyl (C=O) groups is 1. The number of aromatic amines is 1. The molecule has 0 aliphatic heterocycles. The van der Waals surface area contributed by atoms with E-state index in [0.717, 1.165) is 16.6 Å². The van der Waals surface area contributed by atoms with Gasteiger partial charge in [0.1, 0.15) is 17.8 Å². The molecule has 1 aromatic carbocycles. The number of H-pyrrole nitrogens is 1. The number of rotatable bonds is 5. The number of hydrogen-bond donors (Lipinski definition) is 2. The Kier molecular flexibility index (Phi) is 4.24. The van der Waals surface area contributed by atoms with E-state index in [1.54, 1.807) is 17.5 Å². The van der Waals surface area contributed by atoms with Gasteiger partial charge in [-0.05, 0) is 17.7 Å². The zero-order chi connectivity index (χ0) is 16.2. The van der Waals surface area contributed by atoms with E-state index in [1.165, 1.54) is 29.8 Å². The van der Waals surface area contributed by atoms with Crippen LogP contribution in [0.3, 0.4) is 0 Å². The van der Waals surface area contributed by atoms with Crippen molar-refractivity contribution in [3.8, 4) is 0 Å². The Morgan fingerprint density at radius 3 is 2.83 bits per heavy atom. The van der Waals surface area contributed by atoms with Gasteiger partial charge >= 0.3 is 0 Å². The van der Waals surface area contributed by atoms with Crippen LogP contribution in [-0.2, 0) is 6.42 Å². The summed E-state index contributed by atoms with van der Waals surface area (Å²) in [6.07, 6.45) is 2.84. The molecular formula is C15H11FN4O2S. The summed E-state index contributed by atoms with van der Waals surface area (Å²) in [6, 6.07) is 6.11. The van der Waals surface area contributed by atoms with Crippen molar-refractivity contribution in [3.05, 3.63) is 70.0 Å². The zero-order valence-electron chi connectivity index (χ0n) is 11.7. The summed E-state index contributed by atoms with van der Waals surface area (Å²) in [6.45, 7) is 0. The van der Waals surface area contributed by atoms with Gasteiger partial charge in [-0.1, -0.05) is 12.1 Å². The maximum absolute atomic E-state index is 12.9. The summed E-state index contributed by atoms with van der Waals surface area (Å²) in [4.78, 5) is 20.0. The van der Waals surface area contributed by atoms with Crippen molar-refractivity contribution in [2.75, 3.05) is 0 Å². The predicted molar refractivity (Wildman–Crippen MR) is 82.6 cm³/mol. The highest BCUT2D eigenvalue weighted by atomic mass is 32.1. The number of carbonyl (C=O) groups excluding carboxylic acids is 1. The van der Waals surface area contributed by atoms with E-state index in [2.05, 4.69) is 20.2 Å². The number of nitrogens with one attached hydrogen (secondary N) is 1. The first-order valence-corrected chi connectivity index (χ1v) is 7.50. The van der Waals surface area contributed by atoms with Crippen LogP contribution in [0.5, 0.6) is 0 Å². The van der Waals surface area contributed by atoms with Gasteiger partial charge in [-0.25, -0.2) is 14.4 Å². The summed E-state index contributed by atoms with van der Waals surface area (Å²) in [7, 11) is 0. The lowest BCUT2D eigenvalue weighted by Crippen LogP contribution is -1.99. The van der Waals surface area contributed by atoms with Crippen LogP contribution >= 0.6 is 11.3 Å². The van der Waals surface area contributed by atoms with E-state index in [0.29, 0.717) is 6.42 Å². The summed E-state index contributed by atoms with van der Waals surface area (Å²) in [5.41, 5.74) is 1.13. The fraction of sp³-hybridized carbons (Fsp3) is 0.0667. The number of benzene rings is 1. The van der Waals surface area contributed by atoms with Gasteiger partial charge in [0, 0.05) is 17.9 Å². The molecule has 0 bridgehead atoms. The van der Waals surface area contributed by atoms with Crippen molar-refractivity contribution in [1.82, 2.24) is 20.2 Å². The lowest BCUT2D eigenvalue weighted by molar-refractivity contribution is 0.104. The average molecular weight is 330 g/mol. The molecule has 0 spiro atoms. The number of ketones is 1. The van der Waals surface area contributed by atoms with Crippen molar-refractivity contribution in [2.24, 2.45) is 0 Å². The van der Waals surface area contributed by atoms with Crippen LogP contribution < -0.4 is 0 Å². The fourth-order valence-electron chi connectivity index (χ4n) is 1.88. The van der Waals surface area contributed by atoms with E-state index in [4.69, 9.17) is 0 Å². The molecule has 0 saturated heterocycles. The smallest absolute Gasteiger partial charge is 0.215 e. The van der Waals surface area contributed by atoms with Gasteiger partial charge in [0.25, 0.3) is 0 Å². The van der Waals surface area contributed by atoms with Crippen LogP contribution in [-0.4, -0.2) is 31.1 Å². The summed E-state index contributed by atoms with van der Waals surface area (Å²) < 4.78 is 12.9. The molecule has 23 heavy (non-hydrogen) atoms. The Morgan fingerprint density at radius 1 is 1.35 bits per heavy atom. The van der Waals surface area contributed by atoms with Crippen LogP contribution in [0.15, 0.2) is 42.0 Å². The quantitative estimate of drug-likeness (QED) is 0.426. The largest absolute Gasteiger partial charge is 0.504 e. The van der Waals surface area contributed by atoms with Crippen molar-refractivity contribution in [2.45, 2.75) is 6.42 Å². The first-order valence-electron chi connectivity index (χ1n) is 6.62. The van der Waals surface area contributed by atoms with Gasteiger partial charge in [0.05, 0.1) is 5.01 Å². The van der Waals surface area contributed by atoms with Crippen LogP contribution in [0.25, 0.3) is 5.76 Å². The van der Waals surface area contributed by atoms with Crippen LogP contribution in [0.4, 0.5) is 4.39 Å². The summed E-state index contributed by atoms with van der Waals surface area (Å²) >= 11 is 1.33. The SMILES string of the molecule is O=C(C=C(O)c1nc[nH]n1)c1csc(Cc2ccc(F)cc2)n1. The van der Waals surface area contributed by atoms with Crippen molar-refractivity contribution >= 4 is 22.9 Å². The molecule has 3 aromatic rings. The van der Waals surface area contributed by atoms with E-state index < -0.39 is 5.78 Å². The second kappa shape index (κ2) is 6.49. The van der Waals surface area contributed by atoms with Crippen LogP contribution in [0.1, 0.15) is 26.9 Å². The maximum atomic E-state index is 12.9. The average Bonchev–Trinajstić information content (AvgIpc) is 3.21. The zero-order valence-corrected chi connectivity index (χ0v) is 12.5. The number of thiazole rings is 1. The predicted octanol–water partition coefficient (Wildman–Crippen LogP) is 2.77. The molecule has 3 rings (SSSR count). The highest BCUT2D eigenvalue weighted by Gasteiger charge is 2.12. The molecule has 2 aromatic heterocycles. The van der Waals surface area contributed by atoms with Gasteiger partial charge in [-0.3, -0.25) is 9.89 Å². The van der Waals surface area contributed by atoms with Crippen molar-refractivity contribution < 1.29 is 14.3 Å². The molecule has 8 heteroatoms. The van der Waals surface area contributed by atoms with Crippen molar-refractivity contribution in [3.63, 3.8) is 0 Å². The molecule has 2 heterocycles. The molecular weight excluding hydrogens is 319 g/mol. The molecule has 0 saturated carbocycles. The highest BCUT2D eigenvalue weighted by Crippen LogP contribution is 2.17. The molecule has 0 amide bonds. The van der Waals surface area contributed by atoms with E-state index in [1.807, 2.05) is 0 Å². The molecule has 0 atom stereocenters. The van der Waals surface area contributed by atoms with Crippen LogP contribution in [0.2, 0.25) is 0 Å². The third-order valence-electron chi connectivity index (χ3n) is 2.98. The molecule has 116 valence electrons. The summed E-state index contributed by atoms with van der Waals surface area (Å²) in [5, 5.41) is 18.2. The normalized spacial score (nSPS) is 11.6. The Morgan fingerprint density at radius 2 is 2.13 bits per heavy atom. The first kappa shape index (κ1) is 15.0. The summed E-state index contributed by atoms with van der Waals surface area (Å²) in [5.74, 6) is -1.02. The van der Waals surface area contributed by atoms with E-state index in [9.17, 15) is 14.3 Å². The third kappa shape index (κ3) is 3.67. The van der Waals surface area contributed by atoms with Gasteiger partial charge < -0.3 is 5.11 Å². The standard InChI is InChI=1S/C15H11FN4O2S/c16-10-3-1-9(2-4-10)5-14-19-11(7-23-14)12(21)6-13(22)15-17-8-18-20-15/h1-4,6-8,22H,5H2,(H,17,18,20). The Bertz CT molecular complexity index is 841. The Hall–Kier alpha value is -2.87. The van der Waals surface area contributed by atoms with Gasteiger partial charge in [0.2, 0.25) is 11.6 Å². The van der Waals surface area contributed by atoms with Crippen LogP contribution in [0, 0.1) is 5.82 Å². The number of aromatic nitrogens is 4. The monoisotopic (exact) mass is 330 g/mol. The molecule has 0 unspecified atom stereocenters. The lowest BCUT2D eigenvalue weighted by atomic mass is 10.1. The number of hydrogen-bond acceptors (Lipinski definition) is 6. The number of aliphatic hydroxyl groups is 1. The Balaban J connectivity index is 1.72. The molecule has 2 N–H and O–H groups in total. The first-order chi connectivity index (χ1) is 11.1. The number of allylic oxidation sites excluding steroid dienone is 1. The molecule has 6 nitrogen and oxygen atoms in total. The fourth-order valence-corrected chi connectivity index (χ4v) is 2.69. The molecule has 0 aliphatic rings. The highest BCUT2D eigenvalue weighted by molar-refractivity contribution is 7.09. The maximum Gasteiger partial charge on any atom is 0.215 e. The van der Waals surface area contributed by atoms with Gasteiger partial charge in [0.15, 0.2) is 5.76 Å². The number of nitrogens with zero attached hydrogens (tertiary/aromatic N) is 3. The second-order valence-corrected chi connectivity index (χ2v) is 5.59. The molecule has 0 aliphatic carbocycles. The van der Waals surface area contributed by atoms with Crippen molar-refractivity contribution in [1.29, 1.82) is 0 Å². The topological polar surface area (TPSA) is 91.8 Å². The van der Waals surface area contributed by atoms with E-state index >= 15 is 0 Å². The molecule has 0 fully saturated rings. The van der Waals surface area contributed by atoms with Gasteiger partial charge in [-0.15, -0.1) is 11.3 Å². The third-order valence-corrected chi connectivity index (χ3v) is 3.83. The minimum atomic E-state index is -0.436. The van der Waals surface area contributed by atoms with Gasteiger partial charge in [-0.2, -0.15) is 5.10 Å². The minimum absolute atomic E-state index is 0.0418. The Labute approximate surface area is 134 Å².